The lowest BCUT2D eigenvalue weighted by molar-refractivity contribution is 0.456. The van der Waals surface area contributed by atoms with Gasteiger partial charge in [0.25, 0.3) is 5.88 Å². The highest BCUT2D eigenvalue weighted by molar-refractivity contribution is 5.40. The molecule has 0 aliphatic heterocycles. The van der Waals surface area contributed by atoms with Gasteiger partial charge in [-0.1, -0.05) is 6.07 Å². The second-order valence-corrected chi connectivity index (χ2v) is 4.56. The highest BCUT2D eigenvalue weighted by Gasteiger charge is 2.12. The van der Waals surface area contributed by atoms with Gasteiger partial charge in [-0.15, -0.1) is 0 Å². The third kappa shape index (κ3) is 2.41. The minimum Gasteiger partial charge on any atom is -0.436 e. The number of benzene rings is 1. The Kier molecular flexibility index (Phi) is 3.11. The van der Waals surface area contributed by atoms with Gasteiger partial charge in [-0.2, -0.15) is 5.26 Å². The molecule has 0 saturated heterocycles. The maximum Gasteiger partial charge on any atom is 0.256 e. The molecule has 4 nitrogen and oxygen atoms in total. The van der Waals surface area contributed by atoms with Crippen LogP contribution in [0.15, 0.2) is 30.6 Å². The molecule has 0 N–H and O–H groups in total. The van der Waals surface area contributed by atoms with Crippen molar-refractivity contribution in [2.45, 2.75) is 25.7 Å². The van der Waals surface area contributed by atoms with E-state index >= 15 is 0 Å². The molecule has 0 fully saturated rings. The molecule has 0 amide bonds. The maximum absolute atomic E-state index is 8.96. The minimum atomic E-state index is 0.209. The van der Waals surface area contributed by atoms with Crippen LogP contribution in [0.1, 0.15) is 29.7 Å². The molecule has 0 spiro atoms. The average Bonchev–Trinajstić information content (AvgIpc) is 2.48. The average molecular weight is 251 g/mol. The molecule has 2 aromatic rings. The normalized spacial score (nSPS) is 13.4. The van der Waals surface area contributed by atoms with E-state index < -0.39 is 0 Å². The van der Waals surface area contributed by atoms with E-state index in [1.54, 1.807) is 0 Å². The predicted octanol–water partition coefficient (Wildman–Crippen LogP) is 3.02. The van der Waals surface area contributed by atoms with Crippen molar-refractivity contribution in [3.63, 3.8) is 0 Å². The fraction of sp³-hybridized carbons (Fsp3) is 0.267. The first-order chi connectivity index (χ1) is 9.36. The van der Waals surface area contributed by atoms with E-state index in [1.165, 1.54) is 36.4 Å². The number of fused-ring (bicyclic) bond motifs is 1. The number of hydrogen-bond acceptors (Lipinski definition) is 4. The van der Waals surface area contributed by atoms with Crippen molar-refractivity contribution >= 4 is 0 Å². The molecule has 0 bridgehead atoms. The fourth-order valence-corrected chi connectivity index (χ4v) is 2.36. The van der Waals surface area contributed by atoms with Crippen molar-refractivity contribution in [3.05, 3.63) is 47.4 Å². The second kappa shape index (κ2) is 5.07. The fourth-order valence-electron chi connectivity index (χ4n) is 2.36. The molecule has 1 aromatic carbocycles. The highest BCUT2D eigenvalue weighted by Crippen LogP contribution is 2.28. The molecule has 1 aliphatic rings. The van der Waals surface area contributed by atoms with Crippen molar-refractivity contribution in [1.82, 2.24) is 9.97 Å². The Morgan fingerprint density at radius 2 is 1.84 bits per heavy atom. The maximum atomic E-state index is 8.96. The van der Waals surface area contributed by atoms with Crippen LogP contribution in [0, 0.1) is 11.3 Å². The van der Waals surface area contributed by atoms with Crippen molar-refractivity contribution in [3.8, 4) is 17.7 Å². The van der Waals surface area contributed by atoms with Gasteiger partial charge in [0.05, 0.1) is 0 Å². The van der Waals surface area contributed by atoms with Gasteiger partial charge in [-0.05, 0) is 48.9 Å². The lowest BCUT2D eigenvalue weighted by atomic mass is 9.92. The number of nitrogens with zero attached hydrogens (tertiary/aromatic N) is 3. The lowest BCUT2D eigenvalue weighted by Crippen LogP contribution is -2.02. The van der Waals surface area contributed by atoms with Crippen molar-refractivity contribution in [2.24, 2.45) is 0 Å². The predicted molar refractivity (Wildman–Crippen MR) is 69.9 cm³/mol. The number of ether oxygens (including phenoxy) is 1. The van der Waals surface area contributed by atoms with E-state index in [-0.39, 0.29) is 11.6 Å². The molecule has 19 heavy (non-hydrogen) atoms. The molecule has 0 saturated carbocycles. The van der Waals surface area contributed by atoms with E-state index in [4.69, 9.17) is 10.00 Å². The van der Waals surface area contributed by atoms with E-state index in [0.717, 1.165) is 18.6 Å². The SMILES string of the molecule is N#Cc1nccnc1Oc1ccc2c(c1)CCCC2. The number of hydrogen-bond donors (Lipinski definition) is 0. The number of aromatic nitrogens is 2. The smallest absolute Gasteiger partial charge is 0.256 e. The molecule has 0 atom stereocenters. The summed E-state index contributed by atoms with van der Waals surface area (Å²) in [5.74, 6) is 0.985. The molecule has 4 heteroatoms. The van der Waals surface area contributed by atoms with Crippen LogP contribution in [0.2, 0.25) is 0 Å². The highest BCUT2D eigenvalue weighted by atomic mass is 16.5. The van der Waals surface area contributed by atoms with Crippen LogP contribution in [0.25, 0.3) is 0 Å². The van der Waals surface area contributed by atoms with Gasteiger partial charge in [-0.25, -0.2) is 9.97 Å². The summed E-state index contributed by atoms with van der Waals surface area (Å²) >= 11 is 0. The van der Waals surface area contributed by atoms with Gasteiger partial charge >= 0.3 is 0 Å². The first-order valence-corrected chi connectivity index (χ1v) is 6.37. The van der Waals surface area contributed by atoms with Crippen LogP contribution in [0.4, 0.5) is 0 Å². The first-order valence-electron chi connectivity index (χ1n) is 6.37. The minimum absolute atomic E-state index is 0.209. The van der Waals surface area contributed by atoms with Crippen LogP contribution in [-0.2, 0) is 12.8 Å². The molecular formula is C15H13N3O. The topological polar surface area (TPSA) is 58.8 Å². The van der Waals surface area contributed by atoms with Gasteiger partial charge in [0.2, 0.25) is 5.69 Å². The summed E-state index contributed by atoms with van der Waals surface area (Å²) in [6.07, 6.45) is 7.73. The summed E-state index contributed by atoms with van der Waals surface area (Å²) < 4.78 is 5.67. The lowest BCUT2D eigenvalue weighted by Gasteiger charge is -2.16. The Bertz CT molecular complexity index is 646. The van der Waals surface area contributed by atoms with E-state index in [2.05, 4.69) is 16.0 Å². The van der Waals surface area contributed by atoms with Crippen LogP contribution in [0.5, 0.6) is 11.6 Å². The summed E-state index contributed by atoms with van der Waals surface area (Å²) in [6, 6.07) is 8.06. The molecular weight excluding hydrogens is 238 g/mol. The standard InChI is InChI=1S/C15H13N3O/c16-10-14-15(18-8-7-17-14)19-13-6-5-11-3-1-2-4-12(11)9-13/h5-9H,1-4H2. The van der Waals surface area contributed by atoms with Gasteiger partial charge in [0, 0.05) is 12.4 Å². The zero-order chi connectivity index (χ0) is 13.1. The summed E-state index contributed by atoms with van der Waals surface area (Å²) in [6.45, 7) is 0. The Balaban J connectivity index is 1.89. The van der Waals surface area contributed by atoms with Crippen LogP contribution in [0.3, 0.4) is 0 Å². The summed E-state index contributed by atoms with van der Waals surface area (Å²) in [5, 5.41) is 8.96. The molecule has 1 aliphatic carbocycles. The van der Waals surface area contributed by atoms with Gasteiger partial charge < -0.3 is 4.74 Å². The number of nitriles is 1. The monoisotopic (exact) mass is 251 g/mol. The largest absolute Gasteiger partial charge is 0.436 e. The molecule has 1 heterocycles. The van der Waals surface area contributed by atoms with Crippen molar-refractivity contribution < 1.29 is 4.74 Å². The van der Waals surface area contributed by atoms with Gasteiger partial charge in [0.1, 0.15) is 11.8 Å². The van der Waals surface area contributed by atoms with Gasteiger partial charge in [-0.3, -0.25) is 0 Å². The Labute approximate surface area is 111 Å². The Morgan fingerprint density at radius 1 is 1.05 bits per heavy atom. The van der Waals surface area contributed by atoms with Crippen LogP contribution in [-0.4, -0.2) is 9.97 Å². The molecule has 3 rings (SSSR count). The van der Waals surface area contributed by atoms with Crippen LogP contribution >= 0.6 is 0 Å². The molecule has 0 unspecified atom stereocenters. The summed E-state index contributed by atoms with van der Waals surface area (Å²) in [7, 11) is 0. The third-order valence-corrected chi connectivity index (χ3v) is 3.31. The van der Waals surface area contributed by atoms with E-state index in [1.807, 2.05) is 18.2 Å². The first kappa shape index (κ1) is 11.7. The summed E-state index contributed by atoms with van der Waals surface area (Å²) in [5.41, 5.74) is 2.95. The molecule has 0 radical (unpaired) electrons. The number of aryl methyl sites for hydroxylation is 2. The Hall–Kier alpha value is -2.41. The molecule has 1 aromatic heterocycles. The van der Waals surface area contributed by atoms with Crippen molar-refractivity contribution in [2.75, 3.05) is 0 Å². The van der Waals surface area contributed by atoms with Gasteiger partial charge in [0.15, 0.2) is 0 Å². The zero-order valence-electron chi connectivity index (χ0n) is 10.5. The van der Waals surface area contributed by atoms with Crippen LogP contribution < -0.4 is 4.74 Å². The second-order valence-electron chi connectivity index (χ2n) is 4.56. The quantitative estimate of drug-likeness (QED) is 0.823. The van der Waals surface area contributed by atoms with E-state index in [0.29, 0.717) is 0 Å². The number of rotatable bonds is 2. The summed E-state index contributed by atoms with van der Waals surface area (Å²) in [4.78, 5) is 7.98. The Morgan fingerprint density at radius 3 is 2.68 bits per heavy atom. The van der Waals surface area contributed by atoms with Crippen molar-refractivity contribution in [1.29, 1.82) is 5.26 Å². The third-order valence-electron chi connectivity index (χ3n) is 3.31. The van der Waals surface area contributed by atoms with E-state index in [9.17, 15) is 0 Å². The zero-order valence-corrected chi connectivity index (χ0v) is 10.5. The molecule has 94 valence electrons.